The molecule has 2 atom stereocenters. The van der Waals surface area contributed by atoms with Crippen molar-refractivity contribution in [3.63, 3.8) is 0 Å². The Balaban J connectivity index is 2.30. The van der Waals surface area contributed by atoms with Crippen molar-refractivity contribution in [2.24, 2.45) is 11.7 Å². The summed E-state index contributed by atoms with van der Waals surface area (Å²) in [6, 6.07) is 6.95. The molecule has 1 saturated carbocycles. The SMILES string of the molecule is CCC1(c2cccc(F)c2)CC1CN. The number of hydrogen-bond acceptors (Lipinski definition) is 1. The van der Waals surface area contributed by atoms with Gasteiger partial charge in [-0.3, -0.25) is 0 Å². The van der Waals surface area contributed by atoms with Gasteiger partial charge in [0.25, 0.3) is 0 Å². The highest BCUT2D eigenvalue weighted by Crippen LogP contribution is 2.56. The molecule has 0 amide bonds. The number of benzene rings is 1. The van der Waals surface area contributed by atoms with Crippen LogP contribution in [0.25, 0.3) is 0 Å². The molecule has 1 aliphatic carbocycles. The number of halogens is 1. The molecule has 14 heavy (non-hydrogen) atoms. The molecule has 2 heteroatoms. The minimum Gasteiger partial charge on any atom is -0.330 e. The average Bonchev–Trinajstić information content (AvgIpc) is 2.93. The van der Waals surface area contributed by atoms with E-state index in [1.165, 1.54) is 6.07 Å². The van der Waals surface area contributed by atoms with Crippen LogP contribution in [0, 0.1) is 11.7 Å². The van der Waals surface area contributed by atoms with E-state index in [0.717, 1.165) is 18.4 Å². The first-order chi connectivity index (χ1) is 6.73. The van der Waals surface area contributed by atoms with Crippen LogP contribution >= 0.6 is 0 Å². The number of nitrogens with two attached hydrogens (primary N) is 1. The maximum atomic E-state index is 13.1. The summed E-state index contributed by atoms with van der Waals surface area (Å²) < 4.78 is 13.1. The molecule has 0 aromatic heterocycles. The van der Waals surface area contributed by atoms with Crippen molar-refractivity contribution in [1.29, 1.82) is 0 Å². The van der Waals surface area contributed by atoms with Gasteiger partial charge in [0, 0.05) is 0 Å². The van der Waals surface area contributed by atoms with Crippen molar-refractivity contribution in [1.82, 2.24) is 0 Å². The highest BCUT2D eigenvalue weighted by Gasteiger charge is 2.52. The van der Waals surface area contributed by atoms with Crippen molar-refractivity contribution in [2.45, 2.75) is 25.2 Å². The first-order valence-electron chi connectivity index (χ1n) is 5.19. The largest absolute Gasteiger partial charge is 0.330 e. The minimum absolute atomic E-state index is 0.141. The predicted octanol–water partition coefficient (Wildman–Crippen LogP) is 2.45. The summed E-state index contributed by atoms with van der Waals surface area (Å²) in [7, 11) is 0. The van der Waals surface area contributed by atoms with Crippen LogP contribution in [0.4, 0.5) is 4.39 Å². The molecular formula is C12H16FN. The minimum atomic E-state index is -0.141. The topological polar surface area (TPSA) is 26.0 Å². The standard InChI is InChI=1S/C12H16FN/c1-2-12(7-10(12)8-14)9-4-3-5-11(13)6-9/h3-6,10H,2,7-8,14H2,1H3. The van der Waals surface area contributed by atoms with Gasteiger partial charge in [-0.15, -0.1) is 0 Å². The lowest BCUT2D eigenvalue weighted by molar-refractivity contribution is 0.573. The van der Waals surface area contributed by atoms with E-state index in [4.69, 9.17) is 5.73 Å². The maximum absolute atomic E-state index is 13.1. The molecular weight excluding hydrogens is 177 g/mol. The first-order valence-corrected chi connectivity index (χ1v) is 5.19. The van der Waals surface area contributed by atoms with Crippen LogP contribution < -0.4 is 5.73 Å². The van der Waals surface area contributed by atoms with E-state index in [1.54, 1.807) is 12.1 Å². The van der Waals surface area contributed by atoms with Crippen LogP contribution in [0.2, 0.25) is 0 Å². The maximum Gasteiger partial charge on any atom is 0.123 e. The summed E-state index contributed by atoms with van der Waals surface area (Å²) in [5, 5.41) is 0. The average molecular weight is 193 g/mol. The smallest absolute Gasteiger partial charge is 0.123 e. The van der Waals surface area contributed by atoms with E-state index < -0.39 is 0 Å². The van der Waals surface area contributed by atoms with E-state index in [9.17, 15) is 4.39 Å². The van der Waals surface area contributed by atoms with E-state index in [0.29, 0.717) is 12.5 Å². The van der Waals surface area contributed by atoms with Crippen LogP contribution in [0.1, 0.15) is 25.3 Å². The molecule has 76 valence electrons. The fraction of sp³-hybridized carbons (Fsp3) is 0.500. The van der Waals surface area contributed by atoms with Crippen LogP contribution in [-0.4, -0.2) is 6.54 Å². The normalized spacial score (nSPS) is 30.4. The summed E-state index contributed by atoms with van der Waals surface area (Å²) in [4.78, 5) is 0. The van der Waals surface area contributed by atoms with Crippen molar-refractivity contribution in [2.75, 3.05) is 6.54 Å². The second-order valence-corrected chi connectivity index (χ2v) is 4.16. The summed E-state index contributed by atoms with van der Waals surface area (Å²) in [5.74, 6) is 0.410. The Morgan fingerprint density at radius 1 is 1.57 bits per heavy atom. The van der Waals surface area contributed by atoms with Crippen molar-refractivity contribution in [3.05, 3.63) is 35.6 Å². The summed E-state index contributed by atoms with van der Waals surface area (Å²) in [6.45, 7) is 2.87. The first kappa shape index (κ1) is 9.66. The van der Waals surface area contributed by atoms with Crippen LogP contribution in [0.5, 0.6) is 0 Å². The van der Waals surface area contributed by atoms with E-state index >= 15 is 0 Å². The molecule has 1 nitrogen and oxygen atoms in total. The van der Waals surface area contributed by atoms with Crippen LogP contribution in [0.15, 0.2) is 24.3 Å². The Morgan fingerprint density at radius 3 is 2.86 bits per heavy atom. The molecule has 0 heterocycles. The van der Waals surface area contributed by atoms with Gasteiger partial charge in [0.1, 0.15) is 5.82 Å². The van der Waals surface area contributed by atoms with Crippen molar-refractivity contribution < 1.29 is 4.39 Å². The summed E-state index contributed by atoms with van der Waals surface area (Å²) >= 11 is 0. The third kappa shape index (κ3) is 1.34. The summed E-state index contributed by atoms with van der Waals surface area (Å²) in [6.07, 6.45) is 2.17. The lowest BCUT2D eigenvalue weighted by Crippen LogP contribution is -2.14. The van der Waals surface area contributed by atoms with Gasteiger partial charge < -0.3 is 5.73 Å². The Labute approximate surface area is 84.1 Å². The second kappa shape index (κ2) is 3.35. The molecule has 0 radical (unpaired) electrons. The number of rotatable bonds is 3. The van der Waals surface area contributed by atoms with Gasteiger partial charge in [-0.05, 0) is 48.4 Å². The van der Waals surface area contributed by atoms with Gasteiger partial charge in [0.05, 0.1) is 0 Å². The third-order valence-corrected chi connectivity index (χ3v) is 3.55. The molecule has 0 aliphatic heterocycles. The number of hydrogen-bond donors (Lipinski definition) is 1. The third-order valence-electron chi connectivity index (χ3n) is 3.55. The van der Waals surface area contributed by atoms with E-state index in [2.05, 4.69) is 6.92 Å². The Bertz CT molecular complexity index is 337. The summed E-state index contributed by atoms with van der Waals surface area (Å²) in [5.41, 5.74) is 6.96. The molecule has 2 rings (SSSR count). The molecule has 1 aromatic carbocycles. The zero-order valence-corrected chi connectivity index (χ0v) is 8.46. The van der Waals surface area contributed by atoms with Gasteiger partial charge in [-0.25, -0.2) is 4.39 Å². The molecule has 1 fully saturated rings. The van der Waals surface area contributed by atoms with Crippen molar-refractivity contribution >= 4 is 0 Å². The Morgan fingerprint density at radius 2 is 2.36 bits per heavy atom. The molecule has 0 saturated heterocycles. The zero-order valence-electron chi connectivity index (χ0n) is 8.46. The highest BCUT2D eigenvalue weighted by atomic mass is 19.1. The second-order valence-electron chi connectivity index (χ2n) is 4.16. The highest BCUT2D eigenvalue weighted by molar-refractivity contribution is 5.34. The Kier molecular flexibility index (Phi) is 2.31. The van der Waals surface area contributed by atoms with Gasteiger partial charge >= 0.3 is 0 Å². The monoisotopic (exact) mass is 193 g/mol. The van der Waals surface area contributed by atoms with E-state index in [1.807, 2.05) is 6.07 Å². The van der Waals surface area contributed by atoms with E-state index in [-0.39, 0.29) is 11.2 Å². The molecule has 2 N–H and O–H groups in total. The fourth-order valence-electron chi connectivity index (χ4n) is 2.48. The molecule has 2 unspecified atom stereocenters. The molecule has 0 spiro atoms. The lowest BCUT2D eigenvalue weighted by Gasteiger charge is -2.15. The predicted molar refractivity (Wildman–Crippen MR) is 55.5 cm³/mol. The lowest BCUT2D eigenvalue weighted by atomic mass is 9.90. The van der Waals surface area contributed by atoms with Crippen LogP contribution in [0.3, 0.4) is 0 Å². The fourth-order valence-corrected chi connectivity index (χ4v) is 2.48. The Hall–Kier alpha value is -0.890. The van der Waals surface area contributed by atoms with Crippen LogP contribution in [-0.2, 0) is 5.41 Å². The van der Waals surface area contributed by atoms with Crippen molar-refractivity contribution in [3.8, 4) is 0 Å². The molecule has 1 aliphatic rings. The van der Waals surface area contributed by atoms with Gasteiger partial charge in [-0.2, -0.15) is 0 Å². The van der Waals surface area contributed by atoms with Gasteiger partial charge in [0.15, 0.2) is 0 Å². The van der Waals surface area contributed by atoms with Gasteiger partial charge in [0.2, 0.25) is 0 Å². The zero-order chi connectivity index (χ0) is 10.2. The molecule has 0 bridgehead atoms. The quantitative estimate of drug-likeness (QED) is 0.784. The molecule has 1 aromatic rings. The van der Waals surface area contributed by atoms with Gasteiger partial charge in [-0.1, -0.05) is 19.1 Å².